The van der Waals surface area contributed by atoms with Crippen molar-refractivity contribution in [2.75, 3.05) is 26.1 Å². The van der Waals surface area contributed by atoms with Crippen LogP contribution in [0, 0.1) is 5.82 Å². The van der Waals surface area contributed by atoms with Crippen molar-refractivity contribution in [1.29, 1.82) is 0 Å². The predicted molar refractivity (Wildman–Crippen MR) is 78.6 cm³/mol. The molecule has 0 aliphatic carbocycles. The molecule has 2 N–H and O–H groups in total. The summed E-state index contributed by atoms with van der Waals surface area (Å²) in [4.78, 5) is 0. The molecule has 0 amide bonds. The van der Waals surface area contributed by atoms with Gasteiger partial charge < -0.3 is 15.2 Å². The van der Waals surface area contributed by atoms with E-state index in [0.717, 1.165) is 0 Å². The van der Waals surface area contributed by atoms with E-state index in [1.807, 2.05) is 18.2 Å². The Bertz CT molecular complexity index is 604. The van der Waals surface area contributed by atoms with E-state index in [1.165, 1.54) is 12.1 Å². The normalized spacial score (nSPS) is 10.6. The van der Waals surface area contributed by atoms with Crippen molar-refractivity contribution in [3.63, 3.8) is 0 Å². The molecule has 0 saturated heterocycles. The third kappa shape index (κ3) is 3.21. The van der Waals surface area contributed by atoms with Crippen LogP contribution in [0.4, 0.5) is 10.1 Å². The van der Waals surface area contributed by atoms with E-state index >= 15 is 0 Å². The lowest BCUT2D eigenvalue weighted by Crippen LogP contribution is -2.05. The van der Waals surface area contributed by atoms with Crippen LogP contribution in [0.5, 0.6) is 5.75 Å². The Morgan fingerprint density at radius 1 is 1.15 bits per heavy atom. The van der Waals surface area contributed by atoms with Gasteiger partial charge >= 0.3 is 0 Å². The number of halogens is 2. The molecule has 2 aromatic rings. The molecule has 0 aromatic heterocycles. The molecule has 0 atom stereocenters. The zero-order valence-corrected chi connectivity index (χ0v) is 11.8. The highest BCUT2D eigenvalue weighted by Crippen LogP contribution is 2.37. The van der Waals surface area contributed by atoms with Crippen LogP contribution in [0.3, 0.4) is 0 Å². The Kier molecular flexibility index (Phi) is 4.82. The molecule has 20 heavy (non-hydrogen) atoms. The minimum absolute atomic E-state index is 0.187. The molecule has 0 radical (unpaired) electrons. The van der Waals surface area contributed by atoms with Gasteiger partial charge in [0.05, 0.1) is 17.3 Å². The fraction of sp³-hybridized carbons (Fsp3) is 0.200. The smallest absolute Gasteiger partial charge is 0.127 e. The summed E-state index contributed by atoms with van der Waals surface area (Å²) < 4.78 is 24.1. The monoisotopic (exact) mass is 295 g/mol. The summed E-state index contributed by atoms with van der Waals surface area (Å²) in [6.07, 6.45) is 0. The van der Waals surface area contributed by atoms with Crippen molar-refractivity contribution in [3.8, 4) is 16.9 Å². The van der Waals surface area contributed by atoms with Gasteiger partial charge in [0, 0.05) is 18.2 Å². The van der Waals surface area contributed by atoms with Gasteiger partial charge in [-0.05, 0) is 18.2 Å². The molecule has 0 unspecified atom stereocenters. The van der Waals surface area contributed by atoms with E-state index < -0.39 is 5.82 Å². The standard InChI is InChI=1S/C15H15ClFNO2/c1-19-6-7-20-14-5-3-2-4-11(14)12-8-10(17)9-13(16)15(12)18/h2-5,8-9H,6-7,18H2,1H3. The van der Waals surface area contributed by atoms with Crippen LogP contribution >= 0.6 is 11.6 Å². The third-order valence-corrected chi connectivity index (χ3v) is 3.13. The van der Waals surface area contributed by atoms with Gasteiger partial charge in [0.15, 0.2) is 0 Å². The molecular weight excluding hydrogens is 281 g/mol. The van der Waals surface area contributed by atoms with Crippen molar-refractivity contribution >= 4 is 17.3 Å². The van der Waals surface area contributed by atoms with Crippen molar-refractivity contribution < 1.29 is 13.9 Å². The molecule has 0 aliphatic heterocycles. The van der Waals surface area contributed by atoms with E-state index in [2.05, 4.69) is 0 Å². The number of methoxy groups -OCH3 is 1. The SMILES string of the molecule is COCCOc1ccccc1-c1cc(F)cc(Cl)c1N. The second-order valence-corrected chi connectivity index (χ2v) is 4.59. The van der Waals surface area contributed by atoms with Crippen LogP contribution in [-0.4, -0.2) is 20.3 Å². The maximum absolute atomic E-state index is 13.5. The zero-order valence-electron chi connectivity index (χ0n) is 11.0. The molecule has 0 saturated carbocycles. The summed E-state index contributed by atoms with van der Waals surface area (Å²) >= 11 is 5.92. The van der Waals surface area contributed by atoms with Crippen molar-refractivity contribution in [1.82, 2.24) is 0 Å². The van der Waals surface area contributed by atoms with Gasteiger partial charge in [-0.25, -0.2) is 4.39 Å². The predicted octanol–water partition coefficient (Wildman–Crippen LogP) is 3.75. The van der Waals surface area contributed by atoms with E-state index in [1.54, 1.807) is 13.2 Å². The molecule has 2 aromatic carbocycles. The summed E-state index contributed by atoms with van der Waals surface area (Å²) in [7, 11) is 1.60. The first-order valence-electron chi connectivity index (χ1n) is 6.09. The lowest BCUT2D eigenvalue weighted by molar-refractivity contribution is 0.146. The number of ether oxygens (including phenoxy) is 2. The fourth-order valence-electron chi connectivity index (χ4n) is 1.86. The first kappa shape index (κ1) is 14.6. The van der Waals surface area contributed by atoms with Crippen molar-refractivity contribution in [2.24, 2.45) is 0 Å². The van der Waals surface area contributed by atoms with Gasteiger partial charge in [-0.3, -0.25) is 0 Å². The molecule has 5 heteroatoms. The molecule has 0 heterocycles. The van der Waals surface area contributed by atoms with E-state index in [-0.39, 0.29) is 5.02 Å². The minimum atomic E-state index is -0.439. The van der Waals surface area contributed by atoms with Gasteiger partial charge in [0.2, 0.25) is 0 Å². The van der Waals surface area contributed by atoms with Crippen LogP contribution in [0.1, 0.15) is 0 Å². The van der Waals surface area contributed by atoms with Crippen LogP contribution in [0.25, 0.3) is 11.1 Å². The third-order valence-electron chi connectivity index (χ3n) is 2.82. The fourth-order valence-corrected chi connectivity index (χ4v) is 2.06. The number of benzene rings is 2. The Labute approximate surface area is 122 Å². The second kappa shape index (κ2) is 6.59. The van der Waals surface area contributed by atoms with E-state index in [4.69, 9.17) is 26.8 Å². The summed E-state index contributed by atoms with van der Waals surface area (Å²) in [6, 6.07) is 9.81. The average molecular weight is 296 g/mol. The molecule has 0 aliphatic rings. The van der Waals surface area contributed by atoms with Gasteiger partial charge in [-0.15, -0.1) is 0 Å². The van der Waals surface area contributed by atoms with Crippen molar-refractivity contribution in [3.05, 3.63) is 47.2 Å². The summed E-state index contributed by atoms with van der Waals surface area (Å²) in [5.74, 6) is 0.170. The Hall–Kier alpha value is -1.78. The summed E-state index contributed by atoms with van der Waals surface area (Å²) in [5, 5.41) is 0.187. The number of rotatable bonds is 5. The highest BCUT2D eigenvalue weighted by Gasteiger charge is 2.13. The quantitative estimate of drug-likeness (QED) is 0.675. The minimum Gasteiger partial charge on any atom is -0.491 e. The van der Waals surface area contributed by atoms with Crippen LogP contribution in [-0.2, 0) is 4.74 Å². The first-order valence-corrected chi connectivity index (χ1v) is 6.47. The highest BCUT2D eigenvalue weighted by molar-refractivity contribution is 6.33. The summed E-state index contributed by atoms with van der Waals surface area (Å²) in [5.41, 5.74) is 7.47. The van der Waals surface area contributed by atoms with E-state index in [9.17, 15) is 4.39 Å². The van der Waals surface area contributed by atoms with Crippen molar-refractivity contribution in [2.45, 2.75) is 0 Å². The Balaban J connectivity index is 2.42. The molecule has 106 valence electrons. The summed E-state index contributed by atoms with van der Waals surface area (Å²) in [6.45, 7) is 0.865. The van der Waals surface area contributed by atoms with Gasteiger partial charge in [-0.1, -0.05) is 29.8 Å². The van der Waals surface area contributed by atoms with Gasteiger partial charge in [-0.2, -0.15) is 0 Å². The number of nitrogen functional groups attached to an aromatic ring is 1. The first-order chi connectivity index (χ1) is 9.63. The largest absolute Gasteiger partial charge is 0.491 e. The van der Waals surface area contributed by atoms with Gasteiger partial charge in [0.25, 0.3) is 0 Å². The maximum Gasteiger partial charge on any atom is 0.127 e. The zero-order chi connectivity index (χ0) is 14.5. The van der Waals surface area contributed by atoms with Gasteiger partial charge in [0.1, 0.15) is 18.2 Å². The van der Waals surface area contributed by atoms with E-state index in [0.29, 0.717) is 35.8 Å². The number of anilines is 1. The molecule has 2 rings (SSSR count). The molecular formula is C15H15ClFNO2. The topological polar surface area (TPSA) is 44.5 Å². The maximum atomic E-state index is 13.5. The Morgan fingerprint density at radius 2 is 1.90 bits per heavy atom. The average Bonchev–Trinajstić information content (AvgIpc) is 2.44. The second-order valence-electron chi connectivity index (χ2n) is 4.19. The molecule has 0 fully saturated rings. The van der Waals surface area contributed by atoms with Crippen LogP contribution < -0.4 is 10.5 Å². The number of hydrogen-bond acceptors (Lipinski definition) is 3. The number of para-hydroxylation sites is 1. The number of nitrogens with two attached hydrogens (primary N) is 1. The van der Waals surface area contributed by atoms with Crippen LogP contribution in [0.15, 0.2) is 36.4 Å². The lowest BCUT2D eigenvalue weighted by Gasteiger charge is -2.13. The number of hydrogen-bond donors (Lipinski definition) is 1. The molecule has 3 nitrogen and oxygen atoms in total. The highest BCUT2D eigenvalue weighted by atomic mass is 35.5. The lowest BCUT2D eigenvalue weighted by atomic mass is 10.0. The Morgan fingerprint density at radius 3 is 2.65 bits per heavy atom. The van der Waals surface area contributed by atoms with Crippen LogP contribution in [0.2, 0.25) is 5.02 Å². The molecule has 0 spiro atoms. The molecule has 0 bridgehead atoms.